The highest BCUT2D eigenvalue weighted by Crippen LogP contribution is 2.49. The van der Waals surface area contributed by atoms with Gasteiger partial charge in [-0.15, -0.1) is 0 Å². The molecule has 0 aliphatic heterocycles. The van der Waals surface area contributed by atoms with E-state index in [0.717, 1.165) is 118 Å². The topological polar surface area (TPSA) is 123 Å². The quantitative estimate of drug-likeness (QED) is 0.131. The van der Waals surface area contributed by atoms with Gasteiger partial charge in [0, 0.05) is 98.9 Å². The summed E-state index contributed by atoms with van der Waals surface area (Å²) in [6.45, 7) is 0. The van der Waals surface area contributed by atoms with Crippen LogP contribution in [0.25, 0.3) is 253 Å². The van der Waals surface area contributed by atoms with Crippen molar-refractivity contribution in [2.45, 2.75) is 0 Å². The number of para-hydroxylation sites is 5. The van der Waals surface area contributed by atoms with Gasteiger partial charge in [-0.2, -0.15) is 0 Å². The first-order valence-electron chi connectivity index (χ1n) is 42.5. The number of fused-ring (bicyclic) bond motifs is 13. The summed E-state index contributed by atoms with van der Waals surface area (Å²) < 4.78 is 9.19. The molecule has 0 atom stereocenters. The molecule has 17 aromatic carbocycles. The Morgan fingerprint density at radius 1 is 0.190 bits per heavy atom. The predicted molar refractivity (Wildman–Crippen MR) is 520 cm³/mol. The summed E-state index contributed by atoms with van der Waals surface area (Å²) in [6.07, 6.45) is 12.9. The minimum Gasteiger partial charge on any atom is -0.308 e. The third-order valence-electron chi connectivity index (χ3n) is 25.7. The highest BCUT2D eigenvalue weighted by Gasteiger charge is 2.26. The molecule has 12 heteroatoms. The van der Waals surface area contributed by atoms with Gasteiger partial charge >= 0.3 is 0 Å². The summed E-state index contributed by atoms with van der Waals surface area (Å²) in [7, 11) is 0. The maximum Gasteiger partial charge on any atom is 0.145 e. The van der Waals surface area contributed by atoms with Crippen molar-refractivity contribution in [1.29, 1.82) is 0 Å². The van der Waals surface area contributed by atoms with E-state index in [2.05, 4.69) is 344 Å². The van der Waals surface area contributed by atoms with Gasteiger partial charge in [-0.1, -0.05) is 218 Å². The molecule has 28 aromatic rings. The van der Waals surface area contributed by atoms with Gasteiger partial charge in [0.05, 0.1) is 77.8 Å². The van der Waals surface area contributed by atoms with E-state index < -0.39 is 0 Å². The van der Waals surface area contributed by atoms with Gasteiger partial charge in [0.15, 0.2) is 0 Å². The lowest BCUT2D eigenvalue weighted by atomic mass is 9.88. The van der Waals surface area contributed by atoms with Crippen LogP contribution >= 0.6 is 0 Å². The maximum absolute atomic E-state index is 5.09. The van der Waals surface area contributed by atoms with E-state index in [-0.39, 0.29) is 0 Å². The highest BCUT2D eigenvalue weighted by molar-refractivity contribution is 6.36. The fourth-order valence-corrected chi connectivity index (χ4v) is 20.3. The summed E-state index contributed by atoms with van der Waals surface area (Å²) >= 11 is 0. The van der Waals surface area contributed by atoms with Crippen LogP contribution in [0.4, 0.5) is 0 Å². The fraction of sp³-hybridized carbons (Fsp3) is 0. The van der Waals surface area contributed by atoms with Crippen LogP contribution in [-0.4, -0.2) is 58.1 Å². The predicted octanol–water partition coefficient (Wildman–Crippen LogP) is 28.5. The first-order valence-corrected chi connectivity index (χ1v) is 42.5. The largest absolute Gasteiger partial charge is 0.308 e. The first-order chi connectivity index (χ1) is 62.5. The molecule has 11 heterocycles. The molecule has 0 bridgehead atoms. The van der Waals surface area contributed by atoms with Crippen LogP contribution in [0.3, 0.4) is 0 Å². The van der Waals surface area contributed by atoms with E-state index in [9.17, 15) is 0 Å². The molecule has 0 radical (unpaired) electrons. The summed E-state index contributed by atoms with van der Waals surface area (Å²) in [6, 6.07) is 132. The number of pyridine rings is 7. The molecule has 0 saturated heterocycles. The Morgan fingerprint density at radius 2 is 0.571 bits per heavy atom. The highest BCUT2D eigenvalue weighted by atomic mass is 15.1. The van der Waals surface area contributed by atoms with Gasteiger partial charge in [-0.3, -0.25) is 34.1 Å². The third-order valence-corrected chi connectivity index (χ3v) is 25.7. The first kappa shape index (κ1) is 70.6. The van der Waals surface area contributed by atoms with Crippen LogP contribution in [0.2, 0.25) is 0 Å². The normalized spacial score (nSPS) is 12.0. The van der Waals surface area contributed by atoms with Crippen molar-refractivity contribution in [2.24, 2.45) is 0 Å². The molecular formula is C114H68N12. The van der Waals surface area contributed by atoms with Crippen LogP contribution in [-0.2, 0) is 0 Å². The van der Waals surface area contributed by atoms with Crippen LogP contribution in [0.15, 0.2) is 413 Å². The van der Waals surface area contributed by atoms with Crippen LogP contribution in [0.5, 0.6) is 0 Å². The molecule has 0 unspecified atom stereocenters. The van der Waals surface area contributed by atoms with Crippen molar-refractivity contribution in [3.8, 4) is 79.2 Å². The molecule has 126 heavy (non-hydrogen) atoms. The summed E-state index contributed by atoms with van der Waals surface area (Å²) in [5, 5.41) is 26.2. The average molecular weight is 1610 g/mol. The van der Waals surface area contributed by atoms with E-state index in [1.54, 1.807) is 12.4 Å². The second-order valence-corrected chi connectivity index (χ2v) is 32.5. The molecule has 12 nitrogen and oxygen atoms in total. The third kappa shape index (κ3) is 10.9. The van der Waals surface area contributed by atoms with E-state index in [4.69, 9.17) is 29.9 Å². The van der Waals surface area contributed by atoms with Crippen LogP contribution in [0.1, 0.15) is 0 Å². The minimum absolute atomic E-state index is 0.875. The van der Waals surface area contributed by atoms with Crippen molar-refractivity contribution in [1.82, 2.24) is 58.1 Å². The van der Waals surface area contributed by atoms with Crippen molar-refractivity contribution in [3.63, 3.8) is 0 Å². The average Bonchev–Trinajstić information content (AvgIpc) is 1.47. The number of aromatic nitrogens is 12. The number of benzene rings is 17. The molecule has 0 aliphatic carbocycles. The van der Waals surface area contributed by atoms with Crippen molar-refractivity contribution < 1.29 is 0 Å². The van der Waals surface area contributed by atoms with Gasteiger partial charge in [-0.05, 0) is 260 Å². The van der Waals surface area contributed by atoms with Crippen molar-refractivity contribution in [3.05, 3.63) is 413 Å². The van der Waals surface area contributed by atoms with E-state index in [0.29, 0.717) is 0 Å². The van der Waals surface area contributed by atoms with E-state index in [1.807, 2.05) is 85.6 Å². The maximum atomic E-state index is 5.09. The van der Waals surface area contributed by atoms with Crippen LogP contribution in [0, 0.1) is 0 Å². The van der Waals surface area contributed by atoms with Gasteiger partial charge in [0.25, 0.3) is 0 Å². The molecule has 11 aromatic heterocycles. The Balaban J connectivity index is 0.000000102. The summed E-state index contributed by atoms with van der Waals surface area (Å²) in [5.74, 6) is 1.81. The molecule has 0 amide bonds. The summed E-state index contributed by atoms with van der Waals surface area (Å²) in [4.78, 5) is 38.3. The van der Waals surface area contributed by atoms with Gasteiger partial charge in [-0.25, -0.2) is 15.0 Å². The van der Waals surface area contributed by atoms with Gasteiger partial charge in [0.2, 0.25) is 0 Å². The lowest BCUT2D eigenvalue weighted by Gasteiger charge is -2.16. The monoisotopic (exact) mass is 1600 g/mol. The Bertz CT molecular complexity index is 9190. The Labute approximate surface area is 719 Å². The zero-order valence-corrected chi connectivity index (χ0v) is 67.6. The van der Waals surface area contributed by atoms with Gasteiger partial charge in [0.1, 0.15) is 11.6 Å². The second-order valence-electron chi connectivity index (χ2n) is 32.5. The Kier molecular flexibility index (Phi) is 15.8. The Morgan fingerprint density at radius 3 is 1.12 bits per heavy atom. The zero-order chi connectivity index (χ0) is 82.6. The summed E-state index contributed by atoms with van der Waals surface area (Å²) in [5.41, 5.74) is 24.8. The number of nitrogens with zero attached hydrogens (tertiary/aromatic N) is 12. The number of rotatable bonds is 9. The molecule has 0 saturated carbocycles. The lowest BCUT2D eigenvalue weighted by molar-refractivity contribution is 1.08. The second kappa shape index (κ2) is 28.2. The molecule has 0 spiro atoms. The molecule has 28 rings (SSSR count). The van der Waals surface area contributed by atoms with Gasteiger partial charge < -0.3 is 9.13 Å². The van der Waals surface area contributed by atoms with E-state index >= 15 is 0 Å². The molecule has 0 aliphatic rings. The van der Waals surface area contributed by atoms with Crippen LogP contribution < -0.4 is 0 Å². The molecule has 0 N–H and O–H groups in total. The SMILES string of the molecule is c1cc(-c2ccncc2)nc(-n2c3cccnc3c3c4ccc5cccc6ccc(cc32)c4c65)c1.c1ccc(-n2c(-c3ccc(-c4ccc5ccc6c7c(ccc4c57)cc4c6c5ncccc5n4-c4ccccc4)cc3)nc3ccccc32)cc1.c1ccc(-n2c3cccnc3c3c4ccc5ccc(-c6cccc(-c7ccncc7)n6)c6ccc(cc32)c4c56)cc1. The van der Waals surface area contributed by atoms with Crippen molar-refractivity contribution >= 4 is 174 Å². The molecule has 0 fully saturated rings. The Hall–Kier alpha value is -17.2. The lowest BCUT2D eigenvalue weighted by Crippen LogP contribution is -1.98. The van der Waals surface area contributed by atoms with E-state index in [1.165, 1.54) is 135 Å². The molecule has 584 valence electrons. The zero-order valence-electron chi connectivity index (χ0n) is 67.6. The molecular weight excluding hydrogens is 1540 g/mol. The number of hydrogen-bond donors (Lipinski definition) is 0. The minimum atomic E-state index is 0.875. The van der Waals surface area contributed by atoms with Crippen molar-refractivity contribution in [2.75, 3.05) is 0 Å². The number of hydrogen-bond acceptors (Lipinski definition) is 8. The smallest absolute Gasteiger partial charge is 0.145 e. The number of imidazole rings is 1. The standard InChI is InChI=1S/C46H28N4.C37H22N4.C31H18N4/c1-3-10-33(11-4-1)49-40-16-9-27-47-45(40)44-37-26-22-30-21-24-35(36-25-23-32(28-41(44)49)43(37)42(30)36)29-17-19-31(20-18-29)46-48-38-14-7-8-15-39(38)50(46)34-12-5-2-6-13-34;1-2-6-26(7-3-1)41-32-10-5-19-39-37(32)36-29-16-12-24-11-14-27(28-15-13-25(22-33(36)41)35(29)34(24)28)31-9-4-8-30(40-31)23-17-20-38-21-18-23;1-4-20-9-10-22-18-26-30(23-12-11-21(5-1)28(20)29(22)23)31-25(7-3-15-33-31)35(26)27-8-2-6-24(34-27)19-13-16-32-17-14-19/h1-28H;1-22H;1-18H. The fourth-order valence-electron chi connectivity index (χ4n) is 20.3.